The molecule has 0 saturated heterocycles. The maximum absolute atomic E-state index is 12.4. The van der Waals surface area contributed by atoms with Gasteiger partial charge in [0.1, 0.15) is 0 Å². The van der Waals surface area contributed by atoms with Crippen LogP contribution in [0, 0.1) is 6.92 Å². The molecule has 0 aliphatic heterocycles. The molecule has 0 bridgehead atoms. The standard InChI is InChI=1S/C16H18N2O3/c1-10-6-4-5-7-13(10)18-16(19)11-8-14(20-2)15(21-3)9-12(11)17/h4-9H,17H2,1-3H3,(H,18,19). The molecule has 3 N–H and O–H groups in total. The third-order valence-electron chi connectivity index (χ3n) is 3.19. The first-order valence-corrected chi connectivity index (χ1v) is 6.45. The normalized spacial score (nSPS) is 10.0. The lowest BCUT2D eigenvalue weighted by Gasteiger charge is -2.13. The predicted molar refractivity (Wildman–Crippen MR) is 83.1 cm³/mol. The van der Waals surface area contributed by atoms with Gasteiger partial charge in [0.25, 0.3) is 5.91 Å². The van der Waals surface area contributed by atoms with Gasteiger partial charge in [-0.05, 0) is 24.6 Å². The van der Waals surface area contributed by atoms with E-state index in [4.69, 9.17) is 15.2 Å². The molecule has 110 valence electrons. The van der Waals surface area contributed by atoms with Crippen LogP contribution in [0.5, 0.6) is 11.5 Å². The maximum Gasteiger partial charge on any atom is 0.257 e. The minimum atomic E-state index is -0.289. The Kier molecular flexibility index (Phi) is 4.33. The highest BCUT2D eigenvalue weighted by atomic mass is 16.5. The molecule has 0 radical (unpaired) electrons. The molecule has 0 heterocycles. The van der Waals surface area contributed by atoms with Gasteiger partial charge in [-0.1, -0.05) is 18.2 Å². The van der Waals surface area contributed by atoms with Crippen LogP contribution in [0.15, 0.2) is 36.4 Å². The molecule has 0 saturated carbocycles. The summed E-state index contributed by atoms with van der Waals surface area (Å²) in [5.74, 6) is 0.659. The lowest BCUT2D eigenvalue weighted by molar-refractivity contribution is 0.102. The maximum atomic E-state index is 12.4. The van der Waals surface area contributed by atoms with Crippen LogP contribution in [0.4, 0.5) is 11.4 Å². The highest BCUT2D eigenvalue weighted by molar-refractivity contribution is 6.08. The van der Waals surface area contributed by atoms with Crippen molar-refractivity contribution in [2.45, 2.75) is 6.92 Å². The second-order valence-electron chi connectivity index (χ2n) is 4.56. The second-order valence-corrected chi connectivity index (χ2v) is 4.56. The number of nitrogens with one attached hydrogen (secondary N) is 1. The van der Waals surface area contributed by atoms with E-state index in [-0.39, 0.29) is 5.91 Å². The van der Waals surface area contributed by atoms with Gasteiger partial charge in [0, 0.05) is 17.4 Å². The number of rotatable bonds is 4. The van der Waals surface area contributed by atoms with Crippen LogP contribution in [0.3, 0.4) is 0 Å². The lowest BCUT2D eigenvalue weighted by Crippen LogP contribution is -2.15. The van der Waals surface area contributed by atoms with Crippen LogP contribution in [-0.2, 0) is 0 Å². The van der Waals surface area contributed by atoms with Crippen LogP contribution in [-0.4, -0.2) is 20.1 Å². The van der Waals surface area contributed by atoms with Gasteiger partial charge in [-0.15, -0.1) is 0 Å². The summed E-state index contributed by atoms with van der Waals surface area (Å²) in [4.78, 5) is 12.4. The highest BCUT2D eigenvalue weighted by Crippen LogP contribution is 2.32. The smallest absolute Gasteiger partial charge is 0.257 e. The lowest BCUT2D eigenvalue weighted by atomic mass is 10.1. The summed E-state index contributed by atoms with van der Waals surface area (Å²) in [6.07, 6.45) is 0. The van der Waals surface area contributed by atoms with Crippen LogP contribution in [0.1, 0.15) is 15.9 Å². The first-order valence-electron chi connectivity index (χ1n) is 6.45. The van der Waals surface area contributed by atoms with Crippen molar-refractivity contribution < 1.29 is 14.3 Å². The number of aryl methyl sites for hydroxylation is 1. The summed E-state index contributed by atoms with van der Waals surface area (Å²) in [5, 5.41) is 2.84. The number of ether oxygens (including phenoxy) is 2. The molecule has 0 atom stereocenters. The van der Waals surface area contributed by atoms with E-state index in [1.165, 1.54) is 14.2 Å². The topological polar surface area (TPSA) is 73.6 Å². The summed E-state index contributed by atoms with van der Waals surface area (Å²) >= 11 is 0. The quantitative estimate of drug-likeness (QED) is 0.848. The van der Waals surface area contributed by atoms with Crippen molar-refractivity contribution in [2.75, 3.05) is 25.3 Å². The first kappa shape index (κ1) is 14.7. The summed E-state index contributed by atoms with van der Waals surface area (Å²) in [7, 11) is 3.03. The van der Waals surface area contributed by atoms with Crippen LogP contribution >= 0.6 is 0 Å². The number of nitrogen functional groups attached to an aromatic ring is 1. The fourth-order valence-corrected chi connectivity index (χ4v) is 1.99. The van der Waals surface area contributed by atoms with E-state index < -0.39 is 0 Å². The van der Waals surface area contributed by atoms with Gasteiger partial charge in [0.05, 0.1) is 19.8 Å². The van der Waals surface area contributed by atoms with Crippen molar-refractivity contribution in [1.29, 1.82) is 0 Å². The number of hydrogen-bond acceptors (Lipinski definition) is 4. The van der Waals surface area contributed by atoms with Gasteiger partial charge in [-0.25, -0.2) is 0 Å². The number of methoxy groups -OCH3 is 2. The van der Waals surface area contributed by atoms with Crippen molar-refractivity contribution in [3.8, 4) is 11.5 Å². The number of nitrogens with two attached hydrogens (primary N) is 1. The fourth-order valence-electron chi connectivity index (χ4n) is 1.99. The zero-order chi connectivity index (χ0) is 15.4. The zero-order valence-corrected chi connectivity index (χ0v) is 12.3. The Hall–Kier alpha value is -2.69. The number of hydrogen-bond donors (Lipinski definition) is 2. The van der Waals surface area contributed by atoms with Gasteiger partial charge in [0.15, 0.2) is 11.5 Å². The predicted octanol–water partition coefficient (Wildman–Crippen LogP) is 2.85. The van der Waals surface area contributed by atoms with Crippen LogP contribution in [0.2, 0.25) is 0 Å². The summed E-state index contributed by atoms with van der Waals surface area (Å²) in [6.45, 7) is 1.92. The first-order chi connectivity index (χ1) is 10.1. The van der Waals surface area contributed by atoms with Gasteiger partial charge in [-0.2, -0.15) is 0 Å². The monoisotopic (exact) mass is 286 g/mol. The molecule has 2 aromatic carbocycles. The molecule has 0 fully saturated rings. The average Bonchev–Trinajstić information content (AvgIpc) is 2.49. The SMILES string of the molecule is COc1cc(N)c(C(=O)Nc2ccccc2C)cc1OC. The molecule has 21 heavy (non-hydrogen) atoms. The second kappa shape index (κ2) is 6.17. The number of carbonyl (C=O) groups is 1. The number of anilines is 2. The van der Waals surface area contributed by atoms with Crippen LogP contribution in [0.25, 0.3) is 0 Å². The van der Waals surface area contributed by atoms with Gasteiger partial charge >= 0.3 is 0 Å². The minimum Gasteiger partial charge on any atom is -0.493 e. The van der Waals surface area contributed by atoms with E-state index in [2.05, 4.69) is 5.32 Å². The molecule has 2 aromatic rings. The van der Waals surface area contributed by atoms with Gasteiger partial charge in [0.2, 0.25) is 0 Å². The van der Waals surface area contributed by atoms with Crippen molar-refractivity contribution in [3.63, 3.8) is 0 Å². The zero-order valence-electron chi connectivity index (χ0n) is 12.3. The molecular weight excluding hydrogens is 268 g/mol. The number of carbonyl (C=O) groups excluding carboxylic acids is 1. The Labute approximate surface area is 123 Å². The van der Waals surface area contributed by atoms with E-state index in [0.717, 1.165) is 11.3 Å². The molecule has 0 aliphatic carbocycles. The summed E-state index contributed by atoms with van der Waals surface area (Å²) < 4.78 is 10.3. The molecule has 0 unspecified atom stereocenters. The molecule has 5 nitrogen and oxygen atoms in total. The van der Waals surface area contributed by atoms with Crippen LogP contribution < -0.4 is 20.5 Å². The molecule has 0 aromatic heterocycles. The Morgan fingerprint density at radius 2 is 1.71 bits per heavy atom. The molecular formula is C16H18N2O3. The van der Waals surface area contributed by atoms with E-state index in [0.29, 0.717) is 22.7 Å². The van der Waals surface area contributed by atoms with Crippen molar-refractivity contribution in [1.82, 2.24) is 0 Å². The van der Waals surface area contributed by atoms with E-state index in [9.17, 15) is 4.79 Å². The Bertz CT molecular complexity index is 669. The number of para-hydroxylation sites is 1. The largest absolute Gasteiger partial charge is 0.493 e. The summed E-state index contributed by atoms with van der Waals surface area (Å²) in [5.41, 5.74) is 8.32. The Morgan fingerprint density at radius 1 is 1.10 bits per heavy atom. The summed E-state index contributed by atoms with van der Waals surface area (Å²) in [6, 6.07) is 10.7. The van der Waals surface area contributed by atoms with E-state index in [1.54, 1.807) is 12.1 Å². The third kappa shape index (κ3) is 3.08. The van der Waals surface area contributed by atoms with E-state index in [1.807, 2.05) is 31.2 Å². The van der Waals surface area contributed by atoms with E-state index >= 15 is 0 Å². The van der Waals surface area contributed by atoms with Crippen molar-refractivity contribution >= 4 is 17.3 Å². The molecule has 0 spiro atoms. The van der Waals surface area contributed by atoms with Crippen molar-refractivity contribution in [3.05, 3.63) is 47.5 Å². The molecule has 2 rings (SSSR count). The van der Waals surface area contributed by atoms with Gasteiger partial charge < -0.3 is 20.5 Å². The van der Waals surface area contributed by atoms with Gasteiger partial charge in [-0.3, -0.25) is 4.79 Å². The average molecular weight is 286 g/mol. The fraction of sp³-hybridized carbons (Fsp3) is 0.188. The Morgan fingerprint density at radius 3 is 2.33 bits per heavy atom. The highest BCUT2D eigenvalue weighted by Gasteiger charge is 2.15. The minimum absolute atomic E-state index is 0.289. The molecule has 5 heteroatoms. The van der Waals surface area contributed by atoms with Crippen molar-refractivity contribution in [2.24, 2.45) is 0 Å². The molecule has 0 aliphatic rings. The third-order valence-corrected chi connectivity index (χ3v) is 3.19. The number of benzene rings is 2. The molecule has 1 amide bonds. The Balaban J connectivity index is 2.33. The number of amides is 1.